The Kier molecular flexibility index (Phi) is 3.23. The summed E-state index contributed by atoms with van der Waals surface area (Å²) in [6.07, 6.45) is 0.733. The second kappa shape index (κ2) is 4.87. The van der Waals surface area contributed by atoms with Gasteiger partial charge in [-0.1, -0.05) is 0 Å². The largest absolute Gasteiger partial charge is 0.381 e. The second-order valence-electron chi connectivity index (χ2n) is 4.57. The fourth-order valence-corrected chi connectivity index (χ4v) is 2.50. The van der Waals surface area contributed by atoms with Gasteiger partial charge in [0.15, 0.2) is 5.82 Å². The summed E-state index contributed by atoms with van der Waals surface area (Å²) < 4.78 is 8.22. The van der Waals surface area contributed by atoms with Gasteiger partial charge in [0, 0.05) is 37.5 Å². The topological polar surface area (TPSA) is 59.4 Å². The molecule has 7 heteroatoms. The van der Waals surface area contributed by atoms with Crippen LogP contribution in [-0.2, 0) is 22.6 Å². The predicted octanol–water partition coefficient (Wildman–Crippen LogP) is 0.510. The molecule has 3 rings (SSSR count). The molecule has 1 fully saturated rings. The van der Waals surface area contributed by atoms with E-state index in [1.54, 1.807) is 0 Å². The van der Waals surface area contributed by atoms with Gasteiger partial charge in [-0.15, -0.1) is 0 Å². The molecule has 18 heavy (non-hydrogen) atoms. The zero-order chi connectivity index (χ0) is 12.5. The van der Waals surface area contributed by atoms with Crippen LogP contribution in [0.15, 0.2) is 6.07 Å². The maximum atomic E-state index is 12.1. The summed E-state index contributed by atoms with van der Waals surface area (Å²) in [7, 11) is 0. The zero-order valence-corrected chi connectivity index (χ0v) is 10.7. The van der Waals surface area contributed by atoms with Crippen molar-refractivity contribution < 1.29 is 9.53 Å². The highest BCUT2D eigenvalue weighted by atomic mass is 35.5. The van der Waals surface area contributed by atoms with Crippen molar-refractivity contribution in [3.63, 3.8) is 0 Å². The van der Waals surface area contributed by atoms with E-state index in [-0.39, 0.29) is 11.8 Å². The van der Waals surface area contributed by atoms with Crippen LogP contribution in [0.1, 0.15) is 12.1 Å². The number of amides is 1. The van der Waals surface area contributed by atoms with Crippen molar-refractivity contribution in [3.05, 3.63) is 11.8 Å². The van der Waals surface area contributed by atoms with Crippen molar-refractivity contribution in [2.24, 2.45) is 5.92 Å². The van der Waals surface area contributed by atoms with Crippen LogP contribution in [0.3, 0.4) is 0 Å². The Bertz CT molecular complexity index is 432. The van der Waals surface area contributed by atoms with E-state index < -0.39 is 0 Å². The molecule has 2 aliphatic rings. The van der Waals surface area contributed by atoms with Crippen molar-refractivity contribution in [2.75, 3.05) is 24.2 Å². The first-order valence-electron chi connectivity index (χ1n) is 6.10. The molecule has 0 bridgehead atoms. The molecule has 0 saturated carbocycles. The lowest BCUT2D eigenvalue weighted by molar-refractivity contribution is -0.121. The van der Waals surface area contributed by atoms with Crippen LogP contribution in [0.4, 0.5) is 5.82 Å². The third-order valence-corrected chi connectivity index (χ3v) is 3.67. The van der Waals surface area contributed by atoms with Gasteiger partial charge in [-0.25, -0.2) is 4.42 Å². The molecule has 1 atom stereocenters. The van der Waals surface area contributed by atoms with E-state index in [4.69, 9.17) is 16.5 Å². The quantitative estimate of drug-likeness (QED) is 0.796. The summed E-state index contributed by atoms with van der Waals surface area (Å²) in [6, 6.07) is 1.85. The van der Waals surface area contributed by atoms with Gasteiger partial charge in [0.05, 0.1) is 24.8 Å². The van der Waals surface area contributed by atoms with E-state index in [0.29, 0.717) is 19.0 Å². The molecular formula is C11H15ClN4O2. The van der Waals surface area contributed by atoms with Crippen LogP contribution in [0.25, 0.3) is 0 Å². The third kappa shape index (κ3) is 2.11. The molecule has 2 aliphatic heterocycles. The van der Waals surface area contributed by atoms with Gasteiger partial charge in [0.1, 0.15) is 0 Å². The van der Waals surface area contributed by atoms with Gasteiger partial charge in [0.2, 0.25) is 5.91 Å². The number of hydrogen-bond donors (Lipinski definition) is 1. The van der Waals surface area contributed by atoms with E-state index in [1.807, 2.05) is 10.7 Å². The van der Waals surface area contributed by atoms with Crippen LogP contribution >= 0.6 is 11.8 Å². The summed E-state index contributed by atoms with van der Waals surface area (Å²) in [5, 5.41) is 7.60. The summed E-state index contributed by atoms with van der Waals surface area (Å²) >= 11 is 6.09. The molecule has 0 spiro atoms. The number of anilines is 1. The minimum absolute atomic E-state index is 0.127. The number of rotatable bonds is 2. The van der Waals surface area contributed by atoms with Gasteiger partial charge in [-0.05, 0) is 6.42 Å². The van der Waals surface area contributed by atoms with Gasteiger partial charge in [-0.3, -0.25) is 9.48 Å². The Balaban J connectivity index is 1.76. The molecule has 0 aliphatic carbocycles. The molecule has 1 saturated heterocycles. The van der Waals surface area contributed by atoms with Crippen LogP contribution in [0.5, 0.6) is 0 Å². The molecule has 6 nitrogen and oxygen atoms in total. The van der Waals surface area contributed by atoms with Gasteiger partial charge in [-0.2, -0.15) is 5.10 Å². The minimum atomic E-state index is -0.139. The molecule has 1 aromatic heterocycles. The molecule has 1 unspecified atom stereocenters. The Morgan fingerprint density at radius 1 is 1.67 bits per heavy atom. The van der Waals surface area contributed by atoms with E-state index in [2.05, 4.69) is 10.4 Å². The lowest BCUT2D eigenvalue weighted by atomic mass is 10.1. The van der Waals surface area contributed by atoms with Gasteiger partial charge < -0.3 is 10.1 Å². The fourth-order valence-electron chi connectivity index (χ4n) is 2.28. The monoisotopic (exact) mass is 270 g/mol. The number of nitrogens with one attached hydrogen (secondary N) is 1. The van der Waals surface area contributed by atoms with E-state index in [9.17, 15) is 4.79 Å². The summed E-state index contributed by atoms with van der Waals surface area (Å²) in [5.41, 5.74) is 1.05. The first kappa shape index (κ1) is 12.0. The highest BCUT2D eigenvalue weighted by Crippen LogP contribution is 2.23. The second-order valence-corrected chi connectivity index (χ2v) is 4.91. The molecule has 0 aromatic carbocycles. The van der Waals surface area contributed by atoms with Crippen molar-refractivity contribution in [1.82, 2.24) is 15.1 Å². The normalized spacial score (nSPS) is 22.8. The minimum Gasteiger partial charge on any atom is -0.381 e. The van der Waals surface area contributed by atoms with Crippen molar-refractivity contribution in [3.8, 4) is 0 Å². The van der Waals surface area contributed by atoms with Crippen LogP contribution in [-0.4, -0.2) is 35.4 Å². The fraction of sp³-hybridized carbons (Fsp3) is 0.636. The first-order valence-corrected chi connectivity index (χ1v) is 6.44. The maximum absolute atomic E-state index is 12.1. The highest BCUT2D eigenvalue weighted by molar-refractivity contribution is 6.36. The first-order chi connectivity index (χ1) is 8.75. The molecule has 98 valence electrons. The average Bonchev–Trinajstić information content (AvgIpc) is 3.05. The Morgan fingerprint density at radius 2 is 2.56 bits per heavy atom. The number of hydrogen-bond acceptors (Lipinski definition) is 4. The standard InChI is InChI=1S/C11H15ClN4O2/c12-16(11(17)8-1-4-18-7-8)10-5-9-6-13-2-3-15(9)14-10/h5,8,13H,1-4,6-7H2. The smallest absolute Gasteiger partial charge is 0.248 e. The third-order valence-electron chi connectivity index (χ3n) is 3.33. The van der Waals surface area contributed by atoms with Gasteiger partial charge in [0.25, 0.3) is 0 Å². The van der Waals surface area contributed by atoms with Crippen molar-refractivity contribution in [1.29, 1.82) is 0 Å². The maximum Gasteiger partial charge on any atom is 0.248 e. The Morgan fingerprint density at radius 3 is 3.28 bits per heavy atom. The number of carbonyl (C=O) groups excluding carboxylic acids is 1. The van der Waals surface area contributed by atoms with Crippen LogP contribution < -0.4 is 9.74 Å². The molecule has 3 heterocycles. The molecule has 0 radical (unpaired) electrons. The SMILES string of the molecule is O=C(C1CCOC1)N(Cl)c1cc2n(n1)CCNC2. The number of nitrogens with zero attached hydrogens (tertiary/aromatic N) is 3. The molecule has 1 amide bonds. The van der Waals surface area contributed by atoms with E-state index >= 15 is 0 Å². The number of ether oxygens (including phenoxy) is 1. The van der Waals surface area contributed by atoms with Crippen LogP contribution in [0.2, 0.25) is 0 Å². The number of fused-ring (bicyclic) bond motifs is 1. The van der Waals surface area contributed by atoms with Crippen molar-refractivity contribution >= 4 is 23.5 Å². The van der Waals surface area contributed by atoms with Crippen molar-refractivity contribution in [2.45, 2.75) is 19.5 Å². The summed E-state index contributed by atoms with van der Waals surface area (Å²) in [5.74, 6) is 0.240. The highest BCUT2D eigenvalue weighted by Gasteiger charge is 2.30. The predicted molar refractivity (Wildman–Crippen MR) is 66.2 cm³/mol. The lowest BCUT2D eigenvalue weighted by Gasteiger charge is -2.14. The lowest BCUT2D eigenvalue weighted by Crippen LogP contribution is -2.30. The number of aromatic nitrogens is 2. The van der Waals surface area contributed by atoms with Crippen LogP contribution in [0, 0.1) is 5.92 Å². The van der Waals surface area contributed by atoms with Gasteiger partial charge >= 0.3 is 0 Å². The molecule has 1 N–H and O–H groups in total. The number of halogens is 1. The zero-order valence-electron chi connectivity index (χ0n) is 9.93. The molecule has 1 aromatic rings. The van der Waals surface area contributed by atoms with E-state index in [0.717, 1.165) is 36.2 Å². The number of carbonyl (C=O) groups is 1. The Labute approximate surface area is 110 Å². The molecular weight excluding hydrogens is 256 g/mol. The average molecular weight is 271 g/mol. The summed E-state index contributed by atoms with van der Waals surface area (Å²) in [4.78, 5) is 12.1. The summed E-state index contributed by atoms with van der Waals surface area (Å²) in [6.45, 7) is 3.54. The Hall–Kier alpha value is -1.11. The van der Waals surface area contributed by atoms with E-state index in [1.165, 1.54) is 0 Å².